The molecule has 1 heterocycles. The Labute approximate surface area is 99.7 Å². The molecular formula is C13H27N3. The summed E-state index contributed by atoms with van der Waals surface area (Å²) in [5.74, 6) is 6.58. The van der Waals surface area contributed by atoms with Crippen molar-refractivity contribution in [3.63, 3.8) is 0 Å². The van der Waals surface area contributed by atoms with Crippen molar-refractivity contribution < 1.29 is 0 Å². The van der Waals surface area contributed by atoms with Crippen LogP contribution >= 0.6 is 0 Å². The molecule has 94 valence electrons. The first-order valence-electron chi connectivity index (χ1n) is 6.87. The summed E-state index contributed by atoms with van der Waals surface area (Å²) in [4.78, 5) is 2.66. The Morgan fingerprint density at radius 3 is 2.12 bits per heavy atom. The highest BCUT2D eigenvalue weighted by Crippen LogP contribution is 2.39. The van der Waals surface area contributed by atoms with Gasteiger partial charge in [-0.2, -0.15) is 0 Å². The highest BCUT2D eigenvalue weighted by Gasteiger charge is 2.43. The van der Waals surface area contributed by atoms with Gasteiger partial charge < -0.3 is 0 Å². The van der Waals surface area contributed by atoms with Crippen LogP contribution in [-0.2, 0) is 0 Å². The van der Waals surface area contributed by atoms with Crippen LogP contribution in [-0.4, -0.2) is 29.6 Å². The van der Waals surface area contributed by atoms with Gasteiger partial charge in [0.2, 0.25) is 0 Å². The maximum atomic E-state index is 5.77. The van der Waals surface area contributed by atoms with Crippen molar-refractivity contribution in [2.24, 2.45) is 11.8 Å². The second-order valence-corrected chi connectivity index (χ2v) is 6.04. The summed E-state index contributed by atoms with van der Waals surface area (Å²) in [5, 5.41) is 0. The number of nitrogens with one attached hydrogen (secondary N) is 1. The lowest BCUT2D eigenvalue weighted by Gasteiger charge is -2.44. The number of likely N-dealkylation sites (tertiary alicyclic amines) is 1. The lowest BCUT2D eigenvalue weighted by Crippen LogP contribution is -2.60. The summed E-state index contributed by atoms with van der Waals surface area (Å²) >= 11 is 0. The average molecular weight is 225 g/mol. The minimum atomic E-state index is 0.209. The van der Waals surface area contributed by atoms with Gasteiger partial charge in [-0.25, -0.2) is 0 Å². The Bertz CT molecular complexity index is 215. The number of hydrazine groups is 1. The molecule has 1 aliphatic carbocycles. The lowest BCUT2D eigenvalue weighted by molar-refractivity contribution is 0.0749. The van der Waals surface area contributed by atoms with E-state index in [2.05, 4.69) is 24.2 Å². The monoisotopic (exact) mass is 225 g/mol. The van der Waals surface area contributed by atoms with Gasteiger partial charge in [-0.3, -0.25) is 16.2 Å². The van der Waals surface area contributed by atoms with Crippen LogP contribution in [0.5, 0.6) is 0 Å². The Balaban J connectivity index is 2.02. The zero-order chi connectivity index (χ0) is 11.6. The molecule has 0 aromatic heterocycles. The third-order valence-electron chi connectivity index (χ3n) is 4.46. The zero-order valence-electron chi connectivity index (χ0n) is 10.8. The van der Waals surface area contributed by atoms with Gasteiger partial charge in [0.15, 0.2) is 0 Å². The van der Waals surface area contributed by atoms with Crippen LogP contribution in [0.3, 0.4) is 0 Å². The molecule has 3 heteroatoms. The smallest absolute Gasteiger partial charge is 0.0417 e. The second kappa shape index (κ2) is 5.03. The summed E-state index contributed by atoms with van der Waals surface area (Å²) < 4.78 is 0. The predicted molar refractivity (Wildman–Crippen MR) is 68.0 cm³/mol. The van der Waals surface area contributed by atoms with E-state index in [1.54, 1.807) is 0 Å². The molecule has 2 aliphatic rings. The predicted octanol–water partition coefficient (Wildman–Crippen LogP) is 1.88. The van der Waals surface area contributed by atoms with Gasteiger partial charge in [0.25, 0.3) is 0 Å². The van der Waals surface area contributed by atoms with E-state index in [0.29, 0.717) is 6.04 Å². The first kappa shape index (κ1) is 12.3. The van der Waals surface area contributed by atoms with Gasteiger partial charge in [0, 0.05) is 11.6 Å². The van der Waals surface area contributed by atoms with Crippen LogP contribution in [0.2, 0.25) is 0 Å². The van der Waals surface area contributed by atoms with E-state index in [9.17, 15) is 0 Å². The van der Waals surface area contributed by atoms with Crippen molar-refractivity contribution in [1.82, 2.24) is 10.3 Å². The van der Waals surface area contributed by atoms with Crippen LogP contribution < -0.4 is 11.3 Å². The van der Waals surface area contributed by atoms with Crippen molar-refractivity contribution in [3.8, 4) is 0 Å². The third kappa shape index (κ3) is 2.58. The molecule has 0 amide bonds. The molecule has 0 bridgehead atoms. The van der Waals surface area contributed by atoms with E-state index < -0.39 is 0 Å². The lowest BCUT2D eigenvalue weighted by atomic mass is 9.89. The van der Waals surface area contributed by atoms with Crippen LogP contribution in [0.15, 0.2) is 0 Å². The molecule has 1 unspecified atom stereocenters. The quantitative estimate of drug-likeness (QED) is 0.567. The molecule has 0 radical (unpaired) electrons. The minimum absolute atomic E-state index is 0.209. The fourth-order valence-electron chi connectivity index (χ4n) is 3.19. The van der Waals surface area contributed by atoms with Crippen LogP contribution in [0.4, 0.5) is 0 Å². The second-order valence-electron chi connectivity index (χ2n) is 6.04. The topological polar surface area (TPSA) is 41.3 Å². The number of nitrogens with zero attached hydrogens (tertiary/aromatic N) is 1. The molecule has 1 atom stereocenters. The van der Waals surface area contributed by atoms with Crippen LogP contribution in [0.25, 0.3) is 0 Å². The number of nitrogens with two attached hydrogens (primary N) is 1. The largest absolute Gasteiger partial charge is 0.297 e. The van der Waals surface area contributed by atoms with E-state index in [1.807, 2.05) is 0 Å². The van der Waals surface area contributed by atoms with Crippen LogP contribution in [0.1, 0.15) is 52.4 Å². The summed E-state index contributed by atoms with van der Waals surface area (Å²) in [7, 11) is 0. The molecule has 3 nitrogen and oxygen atoms in total. The van der Waals surface area contributed by atoms with Crippen molar-refractivity contribution in [1.29, 1.82) is 0 Å². The molecule has 0 aromatic carbocycles. The van der Waals surface area contributed by atoms with Crippen molar-refractivity contribution in [2.45, 2.75) is 64.0 Å². The van der Waals surface area contributed by atoms with Gasteiger partial charge in [-0.15, -0.1) is 0 Å². The van der Waals surface area contributed by atoms with E-state index in [0.717, 1.165) is 5.92 Å². The average Bonchev–Trinajstić information content (AvgIpc) is 3.04. The maximum absolute atomic E-state index is 5.77. The van der Waals surface area contributed by atoms with Gasteiger partial charge in [-0.1, -0.05) is 12.8 Å². The molecule has 0 aromatic rings. The molecule has 2 fully saturated rings. The van der Waals surface area contributed by atoms with E-state index in [1.165, 1.54) is 51.6 Å². The normalized spacial score (nSPS) is 26.4. The Hall–Kier alpha value is -0.120. The SMILES string of the molecule is CC(C)(C(NN)C1CC1)N1CCCCCC1. The standard InChI is InChI=1S/C13H27N3/c1-13(2,12(15-14)11-7-8-11)16-9-5-3-4-6-10-16/h11-12,15H,3-10,14H2,1-2H3. The van der Waals surface area contributed by atoms with Crippen molar-refractivity contribution in [2.75, 3.05) is 13.1 Å². The number of hydrogen-bond acceptors (Lipinski definition) is 3. The molecule has 16 heavy (non-hydrogen) atoms. The summed E-state index contributed by atoms with van der Waals surface area (Å²) in [6.07, 6.45) is 8.21. The van der Waals surface area contributed by atoms with E-state index in [4.69, 9.17) is 5.84 Å². The Morgan fingerprint density at radius 2 is 1.69 bits per heavy atom. The van der Waals surface area contributed by atoms with E-state index in [-0.39, 0.29) is 5.54 Å². The fourth-order valence-corrected chi connectivity index (χ4v) is 3.19. The molecule has 0 spiro atoms. The Kier molecular flexibility index (Phi) is 3.88. The van der Waals surface area contributed by atoms with Gasteiger partial charge >= 0.3 is 0 Å². The molecular weight excluding hydrogens is 198 g/mol. The molecule has 3 N–H and O–H groups in total. The maximum Gasteiger partial charge on any atom is 0.0417 e. The first-order chi connectivity index (χ1) is 7.66. The molecule has 1 aliphatic heterocycles. The summed E-state index contributed by atoms with van der Waals surface area (Å²) in [5.41, 5.74) is 3.29. The van der Waals surface area contributed by atoms with Crippen LogP contribution in [0, 0.1) is 5.92 Å². The zero-order valence-corrected chi connectivity index (χ0v) is 10.8. The van der Waals surface area contributed by atoms with Crippen molar-refractivity contribution in [3.05, 3.63) is 0 Å². The highest BCUT2D eigenvalue weighted by molar-refractivity contribution is 5.00. The fraction of sp³-hybridized carbons (Fsp3) is 1.00. The molecule has 2 rings (SSSR count). The van der Waals surface area contributed by atoms with Gasteiger partial charge in [0.1, 0.15) is 0 Å². The summed E-state index contributed by atoms with van der Waals surface area (Å²) in [6.45, 7) is 7.22. The van der Waals surface area contributed by atoms with Gasteiger partial charge in [0.05, 0.1) is 0 Å². The molecule has 1 saturated carbocycles. The number of hydrogen-bond donors (Lipinski definition) is 2. The molecule has 1 saturated heterocycles. The highest BCUT2D eigenvalue weighted by atomic mass is 15.3. The summed E-state index contributed by atoms with van der Waals surface area (Å²) in [6, 6.07) is 0.464. The minimum Gasteiger partial charge on any atom is -0.297 e. The Morgan fingerprint density at radius 1 is 1.12 bits per heavy atom. The number of rotatable bonds is 4. The van der Waals surface area contributed by atoms with E-state index >= 15 is 0 Å². The van der Waals surface area contributed by atoms with Crippen molar-refractivity contribution >= 4 is 0 Å². The van der Waals surface area contributed by atoms with Gasteiger partial charge in [-0.05, 0) is 58.5 Å². The first-order valence-corrected chi connectivity index (χ1v) is 6.87. The third-order valence-corrected chi connectivity index (χ3v) is 4.46.